The Morgan fingerprint density at radius 1 is 1.09 bits per heavy atom. The van der Waals surface area contributed by atoms with Crippen molar-refractivity contribution in [1.82, 2.24) is 24.6 Å². The van der Waals surface area contributed by atoms with Crippen molar-refractivity contribution >= 4 is 23.4 Å². The summed E-state index contributed by atoms with van der Waals surface area (Å²) >= 11 is 1.31. The highest BCUT2D eigenvalue weighted by Crippen LogP contribution is 2.32. The quantitative estimate of drug-likeness (QED) is 0.542. The second-order valence-electron chi connectivity index (χ2n) is 7.31. The van der Waals surface area contributed by atoms with Crippen LogP contribution in [-0.2, 0) is 18.0 Å². The fourth-order valence-electron chi connectivity index (χ4n) is 3.50. The Balaban J connectivity index is 1.32. The number of hydrogen-bond donors (Lipinski definition) is 0. The van der Waals surface area contributed by atoms with Gasteiger partial charge in [0.05, 0.1) is 11.3 Å². The molecule has 1 saturated heterocycles. The summed E-state index contributed by atoms with van der Waals surface area (Å²) in [5.41, 5.74) is 0.689. The molecule has 1 amide bonds. The molecule has 1 aliphatic rings. The number of hydrogen-bond acceptors (Lipinski definition) is 6. The number of carbonyl (C=O) groups is 1. The molecule has 2 aromatic heterocycles. The minimum atomic E-state index is -4.37. The molecule has 0 spiro atoms. The number of carbonyl (C=O) groups excluding carboxylic acids is 1. The van der Waals surface area contributed by atoms with Crippen LogP contribution >= 0.6 is 11.8 Å². The Labute approximate surface area is 187 Å². The van der Waals surface area contributed by atoms with E-state index in [2.05, 4.69) is 15.2 Å². The zero-order valence-corrected chi connectivity index (χ0v) is 18.1. The lowest BCUT2D eigenvalue weighted by molar-refractivity contribution is -0.137. The van der Waals surface area contributed by atoms with E-state index in [1.54, 1.807) is 23.4 Å². The first-order valence-electron chi connectivity index (χ1n) is 9.95. The number of aromatic nitrogens is 4. The van der Waals surface area contributed by atoms with Crippen LogP contribution < -0.4 is 4.90 Å². The van der Waals surface area contributed by atoms with Gasteiger partial charge >= 0.3 is 6.18 Å². The summed E-state index contributed by atoms with van der Waals surface area (Å²) in [6.07, 6.45) is -0.990. The number of rotatable bonds is 5. The van der Waals surface area contributed by atoms with Gasteiger partial charge in [0.25, 0.3) is 0 Å². The molecule has 0 aliphatic carbocycles. The number of thioether (sulfide) groups is 1. The lowest BCUT2D eigenvalue weighted by atomic mass is 10.1. The first-order chi connectivity index (χ1) is 15.3. The van der Waals surface area contributed by atoms with Crippen molar-refractivity contribution in [2.75, 3.05) is 36.8 Å². The van der Waals surface area contributed by atoms with Crippen LogP contribution in [0, 0.1) is 0 Å². The number of halogens is 3. The third kappa shape index (κ3) is 4.87. The molecule has 32 heavy (non-hydrogen) atoms. The van der Waals surface area contributed by atoms with Gasteiger partial charge < -0.3 is 14.4 Å². The third-order valence-corrected chi connectivity index (χ3v) is 6.26. The molecular formula is C21H21F3N6OS. The van der Waals surface area contributed by atoms with Crippen molar-refractivity contribution in [3.05, 3.63) is 54.4 Å². The lowest BCUT2D eigenvalue weighted by Crippen LogP contribution is -2.49. The molecule has 0 atom stereocenters. The van der Waals surface area contributed by atoms with Gasteiger partial charge in [0, 0.05) is 56.9 Å². The molecule has 0 unspecified atom stereocenters. The molecule has 0 radical (unpaired) electrons. The second-order valence-corrected chi connectivity index (χ2v) is 8.25. The average Bonchev–Trinajstić information content (AvgIpc) is 3.18. The largest absolute Gasteiger partial charge is 0.416 e. The fourth-order valence-corrected chi connectivity index (χ4v) is 4.31. The highest BCUT2D eigenvalue weighted by Gasteiger charge is 2.31. The normalized spacial score (nSPS) is 14.6. The van der Waals surface area contributed by atoms with Crippen LogP contribution in [0.25, 0.3) is 11.4 Å². The summed E-state index contributed by atoms with van der Waals surface area (Å²) in [5.74, 6) is 0.843. The summed E-state index contributed by atoms with van der Waals surface area (Å²) in [4.78, 5) is 20.3. The van der Waals surface area contributed by atoms with Crippen molar-refractivity contribution in [3.8, 4) is 11.4 Å². The molecule has 1 fully saturated rings. The van der Waals surface area contributed by atoms with Gasteiger partial charge in [0.15, 0.2) is 11.0 Å². The minimum absolute atomic E-state index is 0.0374. The topological polar surface area (TPSA) is 67.2 Å². The van der Waals surface area contributed by atoms with Crippen molar-refractivity contribution < 1.29 is 18.0 Å². The third-order valence-electron chi connectivity index (χ3n) is 5.25. The average molecular weight is 463 g/mol. The Hall–Kier alpha value is -3.08. The maximum Gasteiger partial charge on any atom is 0.416 e. The van der Waals surface area contributed by atoms with E-state index in [9.17, 15) is 18.0 Å². The smallest absolute Gasteiger partial charge is 0.368 e. The van der Waals surface area contributed by atoms with E-state index in [0.717, 1.165) is 17.7 Å². The van der Waals surface area contributed by atoms with Gasteiger partial charge in [0.2, 0.25) is 5.91 Å². The monoisotopic (exact) mass is 462 g/mol. The predicted octanol–water partition coefficient (Wildman–Crippen LogP) is 3.34. The maximum atomic E-state index is 13.0. The van der Waals surface area contributed by atoms with Crippen LogP contribution in [0.15, 0.2) is 53.9 Å². The van der Waals surface area contributed by atoms with E-state index in [-0.39, 0.29) is 11.7 Å². The van der Waals surface area contributed by atoms with E-state index in [4.69, 9.17) is 0 Å². The number of benzene rings is 1. The molecule has 168 valence electrons. The van der Waals surface area contributed by atoms with Crippen molar-refractivity contribution in [1.29, 1.82) is 0 Å². The number of amides is 1. The molecule has 0 bridgehead atoms. The number of anilines is 1. The van der Waals surface area contributed by atoms with Crippen LogP contribution in [0.5, 0.6) is 0 Å². The molecule has 4 rings (SSSR count). The fraction of sp³-hybridized carbons (Fsp3) is 0.333. The standard InChI is InChI=1S/C21H21F3N6OS/c1-28-19(15-4-3-7-25-13-15)26-27-20(28)32-14-18(31)30-10-8-29(9-11-30)17-6-2-5-16(12-17)21(22,23)24/h2-7,12-13H,8-11,14H2,1H3. The summed E-state index contributed by atoms with van der Waals surface area (Å²) in [5, 5.41) is 8.98. The molecule has 1 aromatic carbocycles. The second kappa shape index (κ2) is 9.19. The van der Waals surface area contributed by atoms with Gasteiger partial charge in [-0.2, -0.15) is 13.2 Å². The van der Waals surface area contributed by atoms with Crippen LogP contribution in [0.3, 0.4) is 0 Å². The summed E-state index contributed by atoms with van der Waals surface area (Å²) in [6.45, 7) is 1.87. The predicted molar refractivity (Wildman–Crippen MR) is 115 cm³/mol. The molecule has 3 heterocycles. The van der Waals surface area contributed by atoms with Crippen molar-refractivity contribution in [2.45, 2.75) is 11.3 Å². The summed E-state index contributed by atoms with van der Waals surface area (Å²) < 4.78 is 40.7. The van der Waals surface area contributed by atoms with Gasteiger partial charge in [0.1, 0.15) is 0 Å². The molecule has 1 aliphatic heterocycles. The van der Waals surface area contributed by atoms with Crippen LogP contribution in [0.1, 0.15) is 5.56 Å². The van der Waals surface area contributed by atoms with Crippen LogP contribution in [0.2, 0.25) is 0 Å². The highest BCUT2D eigenvalue weighted by atomic mass is 32.2. The van der Waals surface area contributed by atoms with Gasteiger partial charge in [-0.25, -0.2) is 0 Å². The van der Waals surface area contributed by atoms with Crippen LogP contribution in [-0.4, -0.2) is 62.5 Å². The SMILES string of the molecule is Cn1c(SCC(=O)N2CCN(c3cccc(C(F)(F)F)c3)CC2)nnc1-c1cccnc1. The zero-order chi connectivity index (χ0) is 22.7. The first-order valence-corrected chi connectivity index (χ1v) is 10.9. The molecule has 11 heteroatoms. The Bertz CT molecular complexity index is 1080. The van der Waals surface area contributed by atoms with E-state index in [0.29, 0.717) is 42.8 Å². The maximum absolute atomic E-state index is 13.0. The number of nitrogens with zero attached hydrogens (tertiary/aromatic N) is 6. The molecule has 3 aromatic rings. The highest BCUT2D eigenvalue weighted by molar-refractivity contribution is 7.99. The Kier molecular flexibility index (Phi) is 6.35. The Morgan fingerprint density at radius 3 is 2.56 bits per heavy atom. The number of pyridine rings is 1. The van der Waals surface area contributed by atoms with Gasteiger partial charge in [-0.1, -0.05) is 17.8 Å². The minimum Gasteiger partial charge on any atom is -0.368 e. The lowest BCUT2D eigenvalue weighted by Gasteiger charge is -2.36. The molecule has 0 saturated carbocycles. The van der Waals surface area contributed by atoms with E-state index >= 15 is 0 Å². The number of alkyl halides is 3. The van der Waals surface area contributed by atoms with Crippen molar-refractivity contribution in [2.24, 2.45) is 7.05 Å². The summed E-state index contributed by atoms with van der Waals surface area (Å²) in [6, 6.07) is 9.00. The summed E-state index contributed by atoms with van der Waals surface area (Å²) in [7, 11) is 1.84. The molecule has 0 N–H and O–H groups in total. The van der Waals surface area contributed by atoms with Gasteiger partial charge in [-0.05, 0) is 30.3 Å². The van der Waals surface area contributed by atoms with Gasteiger partial charge in [-0.3, -0.25) is 9.78 Å². The molecule has 7 nitrogen and oxygen atoms in total. The molecular weight excluding hydrogens is 441 g/mol. The Morgan fingerprint density at radius 2 is 1.88 bits per heavy atom. The zero-order valence-electron chi connectivity index (χ0n) is 17.3. The van der Waals surface area contributed by atoms with E-state index in [1.807, 2.05) is 28.6 Å². The van der Waals surface area contributed by atoms with E-state index < -0.39 is 11.7 Å². The van der Waals surface area contributed by atoms with Crippen LogP contribution in [0.4, 0.5) is 18.9 Å². The van der Waals surface area contributed by atoms with Crippen molar-refractivity contribution in [3.63, 3.8) is 0 Å². The van der Waals surface area contributed by atoms with Gasteiger partial charge in [-0.15, -0.1) is 10.2 Å². The number of piperazine rings is 1. The van der Waals surface area contributed by atoms with E-state index in [1.165, 1.54) is 17.8 Å². The first kappa shape index (κ1) is 22.1.